The summed E-state index contributed by atoms with van der Waals surface area (Å²) in [4.78, 5) is 14.2. The molecule has 1 fully saturated rings. The van der Waals surface area contributed by atoms with Crippen molar-refractivity contribution in [1.82, 2.24) is 4.90 Å². The molecule has 112 valence electrons. The molecule has 0 bridgehead atoms. The zero-order valence-electron chi connectivity index (χ0n) is 13.0. The maximum atomic E-state index is 12.3. The van der Waals surface area contributed by atoms with Crippen molar-refractivity contribution in [2.75, 3.05) is 13.1 Å². The van der Waals surface area contributed by atoms with E-state index in [9.17, 15) is 10.1 Å². The number of carbonyl (C=O) groups excluding carboxylic acids is 1. The van der Waals surface area contributed by atoms with Gasteiger partial charge in [-0.3, -0.25) is 4.79 Å². The van der Waals surface area contributed by atoms with Gasteiger partial charge in [0.15, 0.2) is 0 Å². The number of nitriles is 1. The molecule has 3 nitrogen and oxygen atoms in total. The number of nitrogens with zero attached hydrogens (tertiary/aromatic N) is 2. The lowest BCUT2D eigenvalue weighted by molar-refractivity contribution is -0.130. The van der Waals surface area contributed by atoms with Gasteiger partial charge in [-0.1, -0.05) is 44.2 Å². The highest BCUT2D eigenvalue weighted by Crippen LogP contribution is 2.26. The summed E-state index contributed by atoms with van der Waals surface area (Å²) in [6.07, 6.45) is 2.65. The maximum absolute atomic E-state index is 12.3. The molecule has 2 rings (SSSR count). The fraction of sp³-hybridized carbons (Fsp3) is 0.556. The molecule has 2 unspecified atom stereocenters. The summed E-state index contributed by atoms with van der Waals surface area (Å²) in [6.45, 7) is 5.76. The molecule has 1 aliphatic rings. The third-order valence-corrected chi connectivity index (χ3v) is 4.56. The van der Waals surface area contributed by atoms with Crippen molar-refractivity contribution >= 4 is 5.91 Å². The summed E-state index contributed by atoms with van der Waals surface area (Å²) < 4.78 is 0. The average Bonchev–Trinajstić information content (AvgIpc) is 2.68. The number of rotatable bonds is 4. The Morgan fingerprint density at radius 1 is 1.29 bits per heavy atom. The molecule has 0 N–H and O–H groups in total. The van der Waals surface area contributed by atoms with Crippen molar-refractivity contribution in [2.24, 2.45) is 11.8 Å². The lowest BCUT2D eigenvalue weighted by Gasteiger charge is -2.24. The fourth-order valence-electron chi connectivity index (χ4n) is 3.04. The second-order valence-corrected chi connectivity index (χ2v) is 6.26. The van der Waals surface area contributed by atoms with Crippen molar-refractivity contribution < 1.29 is 4.79 Å². The van der Waals surface area contributed by atoms with Crippen LogP contribution in [0.15, 0.2) is 30.3 Å². The van der Waals surface area contributed by atoms with Crippen molar-refractivity contribution in [1.29, 1.82) is 5.26 Å². The highest BCUT2D eigenvalue weighted by atomic mass is 16.2. The summed E-state index contributed by atoms with van der Waals surface area (Å²) >= 11 is 0. The molecule has 3 heteroatoms. The van der Waals surface area contributed by atoms with Gasteiger partial charge in [0.25, 0.3) is 0 Å². The Morgan fingerprint density at radius 3 is 2.62 bits per heavy atom. The lowest BCUT2D eigenvalue weighted by atomic mass is 9.89. The van der Waals surface area contributed by atoms with E-state index in [1.54, 1.807) is 0 Å². The van der Waals surface area contributed by atoms with E-state index in [1.165, 1.54) is 0 Å². The molecule has 0 radical (unpaired) electrons. The number of hydrogen-bond donors (Lipinski definition) is 0. The van der Waals surface area contributed by atoms with E-state index in [2.05, 4.69) is 19.9 Å². The number of amides is 1. The zero-order valence-corrected chi connectivity index (χ0v) is 13.0. The quantitative estimate of drug-likeness (QED) is 0.848. The van der Waals surface area contributed by atoms with Crippen LogP contribution in [0.4, 0.5) is 0 Å². The van der Waals surface area contributed by atoms with Crippen LogP contribution in [0.1, 0.15) is 44.6 Å². The zero-order chi connectivity index (χ0) is 15.2. The van der Waals surface area contributed by atoms with Crippen molar-refractivity contribution in [3.05, 3.63) is 35.9 Å². The molecule has 0 aromatic heterocycles. The van der Waals surface area contributed by atoms with Gasteiger partial charge in [-0.05, 0) is 30.2 Å². The van der Waals surface area contributed by atoms with Crippen LogP contribution in [0.5, 0.6) is 0 Å². The summed E-state index contributed by atoms with van der Waals surface area (Å²) in [5.41, 5.74) is 0.998. The first-order valence-electron chi connectivity index (χ1n) is 7.84. The van der Waals surface area contributed by atoms with E-state index < -0.39 is 0 Å². The smallest absolute Gasteiger partial charge is 0.222 e. The van der Waals surface area contributed by atoms with Gasteiger partial charge in [0.05, 0.1) is 12.0 Å². The monoisotopic (exact) mass is 284 g/mol. The highest BCUT2D eigenvalue weighted by molar-refractivity contribution is 5.76. The second kappa shape index (κ2) is 7.26. The van der Waals surface area contributed by atoms with Crippen LogP contribution in [-0.4, -0.2) is 23.9 Å². The molecule has 1 heterocycles. The SMILES string of the molecule is CC(C)C1CCC(=O)N(CC(C#N)c2ccccc2)CC1. The number of carbonyl (C=O) groups is 1. The molecule has 1 aromatic carbocycles. The summed E-state index contributed by atoms with van der Waals surface area (Å²) in [6, 6.07) is 12.1. The molecule has 1 aromatic rings. The molecule has 1 saturated heterocycles. The van der Waals surface area contributed by atoms with Gasteiger partial charge in [0.1, 0.15) is 0 Å². The van der Waals surface area contributed by atoms with Crippen LogP contribution >= 0.6 is 0 Å². The molecule has 2 atom stereocenters. The van der Waals surface area contributed by atoms with Gasteiger partial charge in [0, 0.05) is 19.5 Å². The Balaban J connectivity index is 2.04. The predicted octanol–water partition coefficient (Wildman–Crippen LogP) is 3.58. The summed E-state index contributed by atoms with van der Waals surface area (Å²) in [5, 5.41) is 9.42. The van der Waals surface area contributed by atoms with Gasteiger partial charge in [-0.2, -0.15) is 5.26 Å². The van der Waals surface area contributed by atoms with Crippen LogP contribution in [0, 0.1) is 23.2 Å². The summed E-state index contributed by atoms with van der Waals surface area (Å²) in [7, 11) is 0. The Bertz CT molecular complexity index is 504. The van der Waals surface area contributed by atoms with Gasteiger partial charge in [-0.25, -0.2) is 0 Å². The normalized spacial score (nSPS) is 21.0. The van der Waals surface area contributed by atoms with Gasteiger partial charge >= 0.3 is 0 Å². The molecule has 1 aliphatic heterocycles. The molecule has 0 spiro atoms. The molecule has 0 saturated carbocycles. The first kappa shape index (κ1) is 15.6. The first-order chi connectivity index (χ1) is 10.1. The van der Waals surface area contributed by atoms with Gasteiger partial charge < -0.3 is 4.90 Å². The van der Waals surface area contributed by atoms with Crippen LogP contribution < -0.4 is 0 Å². The summed E-state index contributed by atoms with van der Waals surface area (Å²) in [5.74, 6) is 1.22. The van der Waals surface area contributed by atoms with Crippen molar-refractivity contribution in [2.45, 2.75) is 39.0 Å². The largest absolute Gasteiger partial charge is 0.341 e. The number of likely N-dealkylation sites (tertiary alicyclic amines) is 1. The van der Waals surface area contributed by atoms with Gasteiger partial charge in [-0.15, -0.1) is 0 Å². The third-order valence-electron chi connectivity index (χ3n) is 4.56. The molecule has 0 aliphatic carbocycles. The van der Waals surface area contributed by atoms with Crippen LogP contribution in [0.3, 0.4) is 0 Å². The Kier molecular flexibility index (Phi) is 5.38. The third kappa shape index (κ3) is 4.07. The Labute approximate surface area is 127 Å². The molecule has 21 heavy (non-hydrogen) atoms. The van der Waals surface area contributed by atoms with Crippen LogP contribution in [-0.2, 0) is 4.79 Å². The average molecular weight is 284 g/mol. The van der Waals surface area contributed by atoms with Crippen molar-refractivity contribution in [3.63, 3.8) is 0 Å². The van der Waals surface area contributed by atoms with E-state index in [0.29, 0.717) is 24.8 Å². The van der Waals surface area contributed by atoms with Gasteiger partial charge in [0.2, 0.25) is 5.91 Å². The van der Waals surface area contributed by atoms with E-state index in [-0.39, 0.29) is 11.8 Å². The maximum Gasteiger partial charge on any atom is 0.222 e. The topological polar surface area (TPSA) is 44.1 Å². The minimum Gasteiger partial charge on any atom is -0.341 e. The number of benzene rings is 1. The van der Waals surface area contributed by atoms with Crippen molar-refractivity contribution in [3.8, 4) is 6.07 Å². The fourth-order valence-corrected chi connectivity index (χ4v) is 3.04. The van der Waals surface area contributed by atoms with Crippen LogP contribution in [0.25, 0.3) is 0 Å². The van der Waals surface area contributed by atoms with E-state index in [0.717, 1.165) is 24.9 Å². The first-order valence-corrected chi connectivity index (χ1v) is 7.84. The lowest BCUT2D eigenvalue weighted by Crippen LogP contribution is -2.34. The highest BCUT2D eigenvalue weighted by Gasteiger charge is 2.26. The Morgan fingerprint density at radius 2 is 2.00 bits per heavy atom. The minimum atomic E-state index is -0.231. The molecule has 1 amide bonds. The molecular weight excluding hydrogens is 260 g/mol. The molecular formula is C18H24N2O. The van der Waals surface area contributed by atoms with E-state index in [4.69, 9.17) is 0 Å². The standard InChI is InChI=1S/C18H24N2O/c1-14(2)15-8-9-18(21)20(11-10-15)13-17(12-19)16-6-4-3-5-7-16/h3-7,14-15,17H,8-11,13H2,1-2H3. The predicted molar refractivity (Wildman–Crippen MR) is 83.6 cm³/mol. The van der Waals surface area contributed by atoms with E-state index >= 15 is 0 Å². The number of hydrogen-bond acceptors (Lipinski definition) is 2. The van der Waals surface area contributed by atoms with Crippen LogP contribution in [0.2, 0.25) is 0 Å². The minimum absolute atomic E-state index is 0.203. The van der Waals surface area contributed by atoms with E-state index in [1.807, 2.05) is 35.2 Å². The Hall–Kier alpha value is -1.82. The second-order valence-electron chi connectivity index (χ2n) is 6.26.